The minimum atomic E-state index is -0.0446. The number of hydrogen-bond acceptors (Lipinski definition) is 2. The Kier molecular flexibility index (Phi) is 3.93. The van der Waals surface area contributed by atoms with E-state index in [1.807, 2.05) is 18.2 Å². The summed E-state index contributed by atoms with van der Waals surface area (Å²) in [6.07, 6.45) is 4.19. The maximum absolute atomic E-state index is 6.13. The van der Waals surface area contributed by atoms with Crippen LogP contribution < -0.4 is 0 Å². The lowest BCUT2D eigenvalue weighted by Crippen LogP contribution is -2.43. The first-order chi connectivity index (χ1) is 9.67. The van der Waals surface area contributed by atoms with Gasteiger partial charge in [-0.3, -0.25) is 0 Å². The lowest BCUT2D eigenvalue weighted by molar-refractivity contribution is -0.0832. The number of nitrogens with zero attached hydrogens (tertiary/aromatic N) is 2. The number of ether oxygens (including phenoxy) is 1. The van der Waals surface area contributed by atoms with Crippen molar-refractivity contribution >= 4 is 34.2 Å². The van der Waals surface area contributed by atoms with Gasteiger partial charge in [-0.05, 0) is 37.5 Å². The topological polar surface area (TPSA) is 27.1 Å². The second kappa shape index (κ2) is 5.55. The lowest BCUT2D eigenvalue weighted by atomic mass is 9.80. The van der Waals surface area contributed by atoms with Crippen LogP contribution in [0.5, 0.6) is 0 Å². The van der Waals surface area contributed by atoms with Crippen LogP contribution in [0.2, 0.25) is 5.02 Å². The first-order valence-corrected chi connectivity index (χ1v) is 7.84. The van der Waals surface area contributed by atoms with Gasteiger partial charge in [0.25, 0.3) is 0 Å². The maximum atomic E-state index is 6.13. The van der Waals surface area contributed by atoms with Gasteiger partial charge in [0, 0.05) is 24.4 Å². The molecule has 0 unspecified atom stereocenters. The molecule has 1 aromatic carbocycles. The van der Waals surface area contributed by atoms with Crippen LogP contribution in [-0.4, -0.2) is 28.1 Å². The molecule has 1 saturated carbocycles. The number of hydrogen-bond donors (Lipinski definition) is 0. The van der Waals surface area contributed by atoms with Crippen molar-refractivity contribution in [2.75, 3.05) is 13.0 Å². The van der Waals surface area contributed by atoms with Crippen LogP contribution in [0.1, 0.15) is 25.1 Å². The SMILES string of the molecule is COC1(Cn2c(CCCl)nc3ccc(Cl)cc32)CCC1. The third-order valence-corrected chi connectivity index (χ3v) is 4.68. The summed E-state index contributed by atoms with van der Waals surface area (Å²) in [5.74, 6) is 1.58. The fraction of sp³-hybridized carbons (Fsp3) is 0.533. The van der Waals surface area contributed by atoms with Gasteiger partial charge < -0.3 is 9.30 Å². The maximum Gasteiger partial charge on any atom is 0.111 e. The largest absolute Gasteiger partial charge is 0.376 e. The molecule has 0 radical (unpaired) electrons. The molecule has 0 spiro atoms. The van der Waals surface area contributed by atoms with Gasteiger partial charge in [0.1, 0.15) is 5.82 Å². The van der Waals surface area contributed by atoms with Crippen molar-refractivity contribution in [1.82, 2.24) is 9.55 Å². The lowest BCUT2D eigenvalue weighted by Gasteiger charge is -2.41. The smallest absolute Gasteiger partial charge is 0.111 e. The molecule has 0 N–H and O–H groups in total. The molecule has 0 bridgehead atoms. The van der Waals surface area contributed by atoms with Crippen molar-refractivity contribution in [2.45, 2.75) is 37.8 Å². The molecule has 3 rings (SSSR count). The van der Waals surface area contributed by atoms with Crippen molar-refractivity contribution in [3.63, 3.8) is 0 Å². The summed E-state index contributed by atoms with van der Waals surface area (Å²) in [5.41, 5.74) is 2.00. The minimum absolute atomic E-state index is 0.0446. The molecular weight excluding hydrogens is 295 g/mol. The number of alkyl halides is 1. The van der Waals surface area contributed by atoms with Gasteiger partial charge >= 0.3 is 0 Å². The monoisotopic (exact) mass is 312 g/mol. The molecule has 1 heterocycles. The average molecular weight is 313 g/mol. The molecule has 0 aliphatic heterocycles. The third-order valence-electron chi connectivity index (χ3n) is 4.25. The number of aryl methyl sites for hydroxylation is 1. The van der Waals surface area contributed by atoms with Crippen molar-refractivity contribution in [2.24, 2.45) is 0 Å². The van der Waals surface area contributed by atoms with Crippen molar-refractivity contribution in [3.8, 4) is 0 Å². The van der Waals surface area contributed by atoms with Gasteiger partial charge in [-0.25, -0.2) is 4.98 Å². The molecule has 5 heteroatoms. The molecule has 1 fully saturated rings. The Morgan fingerprint density at radius 1 is 1.40 bits per heavy atom. The molecule has 1 aliphatic carbocycles. The summed E-state index contributed by atoms with van der Waals surface area (Å²) in [6.45, 7) is 0.826. The number of methoxy groups -OCH3 is 1. The van der Waals surface area contributed by atoms with Gasteiger partial charge in [0.15, 0.2) is 0 Å². The van der Waals surface area contributed by atoms with E-state index >= 15 is 0 Å². The summed E-state index contributed by atoms with van der Waals surface area (Å²) < 4.78 is 7.97. The summed E-state index contributed by atoms with van der Waals surface area (Å²) in [6, 6.07) is 5.82. The fourth-order valence-electron chi connectivity index (χ4n) is 2.88. The van der Waals surface area contributed by atoms with Crippen molar-refractivity contribution in [1.29, 1.82) is 0 Å². The molecule has 20 heavy (non-hydrogen) atoms. The van der Waals surface area contributed by atoms with Crippen LogP contribution in [0.4, 0.5) is 0 Å². The molecule has 0 atom stereocenters. The van der Waals surface area contributed by atoms with Crippen LogP contribution in [-0.2, 0) is 17.7 Å². The van der Waals surface area contributed by atoms with Crippen molar-refractivity contribution in [3.05, 3.63) is 29.0 Å². The minimum Gasteiger partial charge on any atom is -0.376 e. The van der Waals surface area contributed by atoms with E-state index < -0.39 is 0 Å². The predicted molar refractivity (Wildman–Crippen MR) is 82.8 cm³/mol. The predicted octanol–water partition coefficient (Wildman–Crippen LogP) is 4.04. The molecule has 0 amide bonds. The van der Waals surface area contributed by atoms with E-state index in [4.69, 9.17) is 27.9 Å². The normalized spacial score (nSPS) is 17.4. The molecular formula is C15H18Cl2N2O. The molecule has 2 aromatic rings. The summed E-state index contributed by atoms with van der Waals surface area (Å²) in [7, 11) is 1.80. The van der Waals surface area contributed by atoms with Crippen LogP contribution in [0, 0.1) is 0 Å². The number of rotatable bonds is 5. The zero-order valence-corrected chi connectivity index (χ0v) is 13.0. The Bertz CT molecular complexity index is 614. The Morgan fingerprint density at radius 2 is 2.20 bits per heavy atom. The van der Waals surface area contributed by atoms with E-state index in [1.165, 1.54) is 6.42 Å². The van der Waals surface area contributed by atoms with Gasteiger partial charge in [-0.15, -0.1) is 11.6 Å². The van der Waals surface area contributed by atoms with Crippen molar-refractivity contribution < 1.29 is 4.74 Å². The number of imidazole rings is 1. The Labute approximate surface area is 128 Å². The van der Waals surface area contributed by atoms with Gasteiger partial charge in [-0.2, -0.15) is 0 Å². The highest BCUT2D eigenvalue weighted by Crippen LogP contribution is 2.37. The van der Waals surface area contributed by atoms with E-state index in [9.17, 15) is 0 Å². The van der Waals surface area contributed by atoms with Crippen LogP contribution >= 0.6 is 23.2 Å². The van der Waals surface area contributed by atoms with Gasteiger partial charge in [-0.1, -0.05) is 11.6 Å². The Morgan fingerprint density at radius 3 is 2.80 bits per heavy atom. The molecule has 108 valence electrons. The molecule has 3 nitrogen and oxygen atoms in total. The van der Waals surface area contributed by atoms with E-state index in [1.54, 1.807) is 7.11 Å². The average Bonchev–Trinajstić information content (AvgIpc) is 2.72. The Balaban J connectivity index is 2.05. The van der Waals surface area contributed by atoms with E-state index in [2.05, 4.69) is 9.55 Å². The summed E-state index contributed by atoms with van der Waals surface area (Å²) in [5, 5.41) is 0.733. The number of benzene rings is 1. The third kappa shape index (κ3) is 2.43. The highest BCUT2D eigenvalue weighted by molar-refractivity contribution is 6.31. The highest BCUT2D eigenvalue weighted by atomic mass is 35.5. The molecule has 1 aliphatic rings. The number of halogens is 2. The zero-order valence-electron chi connectivity index (χ0n) is 11.5. The fourth-order valence-corrected chi connectivity index (χ4v) is 3.22. The van der Waals surface area contributed by atoms with Crippen LogP contribution in [0.25, 0.3) is 11.0 Å². The summed E-state index contributed by atoms with van der Waals surface area (Å²) >= 11 is 12.0. The van der Waals surface area contributed by atoms with Gasteiger partial charge in [0.2, 0.25) is 0 Å². The zero-order chi connectivity index (χ0) is 14.2. The summed E-state index contributed by atoms with van der Waals surface area (Å²) in [4.78, 5) is 4.68. The van der Waals surface area contributed by atoms with E-state index in [0.717, 1.165) is 47.7 Å². The molecule has 0 saturated heterocycles. The number of fused-ring (bicyclic) bond motifs is 1. The van der Waals surface area contributed by atoms with E-state index in [0.29, 0.717) is 5.88 Å². The highest BCUT2D eigenvalue weighted by Gasteiger charge is 2.38. The first-order valence-electron chi connectivity index (χ1n) is 6.93. The first kappa shape index (κ1) is 14.2. The van der Waals surface area contributed by atoms with Crippen LogP contribution in [0.15, 0.2) is 18.2 Å². The number of aromatic nitrogens is 2. The Hall–Kier alpha value is -0.770. The standard InChI is InChI=1S/C15H18Cl2N2O/c1-20-15(6-2-7-15)10-19-13-9-11(17)3-4-12(13)18-14(19)5-8-16/h3-4,9H,2,5-8,10H2,1H3. The molecule has 1 aromatic heterocycles. The second-order valence-electron chi connectivity index (χ2n) is 5.43. The van der Waals surface area contributed by atoms with Gasteiger partial charge in [0.05, 0.1) is 23.2 Å². The quantitative estimate of drug-likeness (QED) is 0.779. The second-order valence-corrected chi connectivity index (χ2v) is 6.24. The van der Waals surface area contributed by atoms with Crippen LogP contribution in [0.3, 0.4) is 0 Å². The van der Waals surface area contributed by atoms with E-state index in [-0.39, 0.29) is 5.60 Å².